The van der Waals surface area contributed by atoms with Gasteiger partial charge in [-0.15, -0.1) is 11.3 Å². The van der Waals surface area contributed by atoms with Crippen LogP contribution in [0, 0.1) is 65.1 Å². The van der Waals surface area contributed by atoms with Crippen molar-refractivity contribution in [2.45, 2.75) is 243 Å². The van der Waals surface area contributed by atoms with Crippen LogP contribution in [-0.2, 0) is 16.1 Å². The number of hydrogen-bond donors (Lipinski definition) is 3. The lowest BCUT2D eigenvalue weighted by Gasteiger charge is -2.41. The molecule has 2 saturated heterocycles. The van der Waals surface area contributed by atoms with E-state index in [0.717, 1.165) is 149 Å². The molecule has 14 heteroatoms. The molecule has 3 unspecified atom stereocenters. The molecule has 498 valence electrons. The number of H-pyrrole nitrogens is 2. The van der Waals surface area contributed by atoms with Crippen molar-refractivity contribution in [2.24, 2.45) is 41.4 Å². The molecule has 7 aliphatic carbocycles. The minimum atomic E-state index is -1.14. The number of carbonyl (C=O) groups is 2. The molecule has 8 heterocycles. The average Bonchev–Trinajstić information content (AvgIpc) is 1.65. The van der Waals surface area contributed by atoms with Crippen molar-refractivity contribution >= 4 is 109 Å². The molecule has 0 spiro atoms. The van der Waals surface area contributed by atoms with Gasteiger partial charge in [-0.1, -0.05) is 142 Å². The van der Waals surface area contributed by atoms with Crippen LogP contribution in [0.5, 0.6) is 0 Å². The van der Waals surface area contributed by atoms with Gasteiger partial charge in [0.15, 0.2) is 0 Å². The lowest BCUT2D eigenvalue weighted by molar-refractivity contribution is -0.137. The van der Waals surface area contributed by atoms with E-state index in [1.54, 1.807) is 0 Å². The van der Waals surface area contributed by atoms with Gasteiger partial charge in [0.25, 0.3) is 11.5 Å². The van der Waals surface area contributed by atoms with Crippen molar-refractivity contribution in [3.8, 4) is 23.7 Å². The number of amides is 1. The number of thiazole rings is 1. The molecule has 9 fully saturated rings. The number of hydrogen-bond acceptors (Lipinski definition) is 9. The molecule has 0 radical (unpaired) electrons. The summed E-state index contributed by atoms with van der Waals surface area (Å²) in [5.41, 5.74) is 14.1. The quantitative estimate of drug-likeness (QED) is 0.0695. The molecule has 1 amide bonds. The molecule has 7 saturated carbocycles. The van der Waals surface area contributed by atoms with Gasteiger partial charge in [-0.3, -0.25) is 28.8 Å². The molecule has 4 aromatic heterocycles. The fourth-order valence-electron chi connectivity index (χ4n) is 19.3. The average molecular weight is 1330 g/mol. The summed E-state index contributed by atoms with van der Waals surface area (Å²) < 4.78 is 2.47. The predicted octanol–water partition coefficient (Wildman–Crippen LogP) is 17.2. The number of thiocarbonyl (C=S) groups is 1. The summed E-state index contributed by atoms with van der Waals surface area (Å²) >= 11 is 7.82. The Labute approximate surface area is 575 Å². The second-order valence-electron chi connectivity index (χ2n) is 30.1. The summed E-state index contributed by atoms with van der Waals surface area (Å²) in [6.07, 6.45) is 53.9. The highest BCUT2D eigenvalue weighted by Gasteiger charge is 2.43. The van der Waals surface area contributed by atoms with Gasteiger partial charge in [-0.2, -0.15) is 0 Å². The number of nitrogens with zero attached hydrogens (tertiary/aromatic N) is 5. The van der Waals surface area contributed by atoms with Crippen molar-refractivity contribution in [2.75, 3.05) is 13.1 Å². The van der Waals surface area contributed by atoms with Crippen LogP contribution in [0.25, 0.3) is 57.4 Å². The highest BCUT2D eigenvalue weighted by atomic mass is 32.2. The Morgan fingerprint density at radius 2 is 1.15 bits per heavy atom. The van der Waals surface area contributed by atoms with Gasteiger partial charge in [-0.25, -0.2) is 9.97 Å². The molecule has 11 aliphatic rings. The highest BCUT2D eigenvalue weighted by Crippen LogP contribution is 2.47. The molecular weight excluding hydrogens is 1230 g/mol. The number of carboxylic acids is 1. The van der Waals surface area contributed by atoms with E-state index >= 15 is 0 Å². The van der Waals surface area contributed by atoms with Crippen molar-refractivity contribution in [1.82, 2.24) is 34.3 Å². The number of thioether (sulfide) groups is 1. The zero-order valence-electron chi connectivity index (χ0n) is 56.0. The van der Waals surface area contributed by atoms with E-state index in [2.05, 4.69) is 93.2 Å². The number of rotatable bonds is 10. The van der Waals surface area contributed by atoms with Crippen molar-refractivity contribution in [1.29, 1.82) is 0 Å². The van der Waals surface area contributed by atoms with Gasteiger partial charge in [0.2, 0.25) is 0 Å². The Kier molecular flexibility index (Phi) is 20.0. The number of likely N-dealkylation sites (tertiary alicyclic amines) is 1. The predicted molar refractivity (Wildman–Crippen MR) is 394 cm³/mol. The number of carboxylic acid groups (broad SMARTS) is 1. The summed E-state index contributed by atoms with van der Waals surface area (Å²) in [5, 5.41) is 9.83. The first-order valence-electron chi connectivity index (χ1n) is 37.4. The second kappa shape index (κ2) is 29.2. The fourth-order valence-corrected chi connectivity index (χ4v) is 22.0. The number of fused-ring (bicyclic) bond motifs is 9. The van der Waals surface area contributed by atoms with Crippen LogP contribution in [0.2, 0.25) is 0 Å². The maximum Gasteiger partial charge on any atom is 0.323 e. The molecule has 11 nitrogen and oxygen atoms in total. The minimum absolute atomic E-state index is 0.107. The number of allylic oxidation sites excluding steroid dienone is 2. The van der Waals surface area contributed by atoms with E-state index < -0.39 is 12.5 Å². The summed E-state index contributed by atoms with van der Waals surface area (Å²) in [4.78, 5) is 63.4. The van der Waals surface area contributed by atoms with Gasteiger partial charge in [-0.05, 0) is 232 Å². The summed E-state index contributed by atoms with van der Waals surface area (Å²) in [6.45, 7) is 3.00. The third-order valence-electron chi connectivity index (χ3n) is 24.3. The van der Waals surface area contributed by atoms with Gasteiger partial charge in [0, 0.05) is 52.6 Å². The number of carbonyl (C=O) groups excluding carboxylic acids is 1. The Hall–Kier alpha value is -6.03. The molecular formula is C81H97N7O4S3. The maximum absolute atomic E-state index is 13.9. The topological polar surface area (TPSA) is 140 Å². The Morgan fingerprint density at radius 3 is 1.72 bits per heavy atom. The van der Waals surface area contributed by atoms with Crippen LogP contribution in [-0.4, -0.2) is 80.8 Å². The van der Waals surface area contributed by atoms with Crippen molar-refractivity contribution in [3.05, 3.63) is 100 Å². The number of aromatic nitrogens is 5. The van der Waals surface area contributed by atoms with Crippen LogP contribution in [0.1, 0.15) is 269 Å². The Bertz CT molecular complexity index is 4050. The smallest absolute Gasteiger partial charge is 0.323 e. The molecule has 15 rings (SSSR count). The summed E-state index contributed by atoms with van der Waals surface area (Å²) in [6, 6.07) is 10.7. The highest BCUT2D eigenvalue weighted by molar-refractivity contribution is 8.30. The minimum Gasteiger partial charge on any atom is -0.480 e. The Balaban J connectivity index is 0.725. The molecule has 0 aromatic carbocycles. The zero-order chi connectivity index (χ0) is 64.5. The normalized spacial score (nSPS) is 27.3. The first-order valence-corrected chi connectivity index (χ1v) is 39.5. The van der Waals surface area contributed by atoms with Crippen LogP contribution in [0.4, 0.5) is 0 Å². The van der Waals surface area contributed by atoms with Crippen molar-refractivity contribution < 1.29 is 14.7 Å². The van der Waals surface area contributed by atoms with Gasteiger partial charge in [0.05, 0.1) is 49.5 Å². The van der Waals surface area contributed by atoms with E-state index in [0.29, 0.717) is 48.8 Å². The second-order valence-corrected chi connectivity index (χ2v) is 32.8. The standard InChI is InChI=1S/C81H97N7O4S3/c1-2-86-79(92)77(95-81(86)93)80-88(50-74(89)90)78(91)73(94-80)49-54-25-23-51(24-26-54)29-34-61-64-36-40-68(82-64)75(57-19-11-5-12-20-57)70-42-38-66(84-70)62(67-39-43-71(85-67)76(58-21-13-6-14-22-58)69-41-37-65(61)83-69)35-30-52-31-44-72-59(47-52)45-46-87(72)60-32-27-53(28-33-60)48-63(55-15-7-3-8-16-55)56-17-9-4-10-18-56/h36-43,48-49,51-60,72,84-85H,2-28,31-33,44-47,50H2,1H3,(H,89,90)/b64-61?,65-61?,66-62?,67-62?,73-49?,75-68?,75-70?,76-69?,76-71?,80-77+. The SMILES string of the molecule is CCN1C(=O)/C(=c2\sc(=CC3CCC(C#Cc4c5nc(c(C6CCCCC6)c6ccc([nH]6)c(C#CC6CCC7C(CCN7C7CCC(C=C(C8CCCCC8)C8CCCCC8)CC7)C6)c6ccc([nH]6)c(C6CCCCC6)c6nc4C=C6)C=C5)CC3)c(=O)n2CC(=O)O)SC1=S. The zero-order valence-corrected chi connectivity index (χ0v) is 58.5. The fraction of sp³-hybridized carbons (Fsp3) is 0.580. The summed E-state index contributed by atoms with van der Waals surface area (Å²) in [5.74, 6) is 18.6. The maximum atomic E-state index is 13.9. The number of aromatic amines is 2. The van der Waals surface area contributed by atoms with E-state index in [4.69, 9.17) is 22.2 Å². The van der Waals surface area contributed by atoms with Crippen LogP contribution < -0.4 is 14.8 Å². The summed E-state index contributed by atoms with van der Waals surface area (Å²) in [7, 11) is 0. The molecule has 4 aliphatic heterocycles. The van der Waals surface area contributed by atoms with Crippen molar-refractivity contribution in [3.63, 3.8) is 0 Å². The largest absolute Gasteiger partial charge is 0.480 e. The molecule has 4 aromatic rings. The number of aliphatic carboxylic acids is 1. The van der Waals surface area contributed by atoms with E-state index in [1.165, 1.54) is 193 Å². The molecule has 95 heavy (non-hydrogen) atoms. The van der Waals surface area contributed by atoms with Crippen LogP contribution >= 0.6 is 35.3 Å². The first-order chi connectivity index (χ1) is 46.6. The van der Waals surface area contributed by atoms with E-state index in [1.807, 2.05) is 18.6 Å². The van der Waals surface area contributed by atoms with Gasteiger partial charge in [0.1, 0.15) is 20.4 Å². The van der Waals surface area contributed by atoms with Crippen LogP contribution in [0.3, 0.4) is 0 Å². The lowest BCUT2D eigenvalue weighted by atomic mass is 9.71. The molecule has 3 N–H and O–H groups in total. The molecule has 8 bridgehead atoms. The first kappa shape index (κ1) is 64.9. The third-order valence-corrected chi connectivity index (χ3v) is 27.0. The van der Waals surface area contributed by atoms with Gasteiger partial charge < -0.3 is 15.1 Å². The van der Waals surface area contributed by atoms with Gasteiger partial charge >= 0.3 is 5.97 Å². The van der Waals surface area contributed by atoms with E-state index in [-0.39, 0.29) is 23.3 Å². The van der Waals surface area contributed by atoms with E-state index in [9.17, 15) is 19.5 Å². The van der Waals surface area contributed by atoms with Crippen LogP contribution in [0.15, 0.2) is 40.7 Å². The third kappa shape index (κ3) is 13.9. The Morgan fingerprint density at radius 1 is 0.621 bits per heavy atom. The number of nitrogens with one attached hydrogen (secondary N) is 2. The molecule has 3 atom stereocenters. The monoisotopic (exact) mass is 1330 g/mol. The lowest BCUT2D eigenvalue weighted by Crippen LogP contribution is -2.44.